The third-order valence-corrected chi connectivity index (χ3v) is 3.52. The molecule has 0 radical (unpaired) electrons. The van der Waals surface area contributed by atoms with E-state index in [1.807, 2.05) is 6.07 Å². The maximum absolute atomic E-state index is 11.7. The van der Waals surface area contributed by atoms with E-state index in [4.69, 9.17) is 0 Å². The summed E-state index contributed by atoms with van der Waals surface area (Å²) < 4.78 is 0. The first-order chi connectivity index (χ1) is 7.57. The second-order valence-corrected chi connectivity index (χ2v) is 5.70. The fraction of sp³-hybridized carbons (Fsp3) is 0.533. The number of carbonyl (C=O) groups excluding carboxylic acids is 1. The number of ketones is 1. The summed E-state index contributed by atoms with van der Waals surface area (Å²) in [5.41, 5.74) is 1.53. The van der Waals surface area contributed by atoms with Gasteiger partial charge in [0.05, 0.1) is 0 Å². The summed E-state index contributed by atoms with van der Waals surface area (Å²) in [6.07, 6.45) is 3.74. The van der Waals surface area contributed by atoms with Crippen LogP contribution < -0.4 is 0 Å². The van der Waals surface area contributed by atoms with Crippen molar-refractivity contribution in [2.45, 2.75) is 39.5 Å². The summed E-state index contributed by atoms with van der Waals surface area (Å²) in [7, 11) is 0. The summed E-state index contributed by atoms with van der Waals surface area (Å²) in [5, 5.41) is 0. The zero-order valence-corrected chi connectivity index (χ0v) is 10.2. The monoisotopic (exact) mass is 216 g/mol. The molecular weight excluding hydrogens is 196 g/mol. The number of Topliss-reactive ketones (excluding diaryl/α,β-unsaturated/α-hetero) is 1. The molecule has 0 spiro atoms. The Hall–Kier alpha value is -1.11. The van der Waals surface area contributed by atoms with Gasteiger partial charge in [-0.15, -0.1) is 0 Å². The molecule has 0 N–H and O–H groups in total. The Morgan fingerprint density at radius 2 is 2.00 bits per heavy atom. The molecular formula is C15H20O. The van der Waals surface area contributed by atoms with Crippen LogP contribution in [0.15, 0.2) is 30.3 Å². The molecule has 0 amide bonds. The molecule has 0 saturated heterocycles. The first-order valence-electron chi connectivity index (χ1n) is 6.13. The zero-order valence-electron chi connectivity index (χ0n) is 10.2. The van der Waals surface area contributed by atoms with E-state index in [1.165, 1.54) is 12.0 Å². The molecule has 0 heterocycles. The van der Waals surface area contributed by atoms with Crippen LogP contribution in [0.4, 0.5) is 0 Å². The molecule has 2 atom stereocenters. The molecule has 1 aliphatic carbocycles. The Morgan fingerprint density at radius 3 is 2.62 bits per heavy atom. The van der Waals surface area contributed by atoms with Crippen LogP contribution >= 0.6 is 0 Å². The Balaban J connectivity index is 2.10. The fourth-order valence-electron chi connectivity index (χ4n) is 3.15. The molecule has 86 valence electrons. The summed E-state index contributed by atoms with van der Waals surface area (Å²) in [5.74, 6) is 0.993. The highest BCUT2D eigenvalue weighted by Crippen LogP contribution is 2.39. The molecule has 0 bridgehead atoms. The van der Waals surface area contributed by atoms with Crippen molar-refractivity contribution in [3.05, 3.63) is 35.9 Å². The van der Waals surface area contributed by atoms with Gasteiger partial charge in [0.15, 0.2) is 0 Å². The van der Waals surface area contributed by atoms with Crippen molar-refractivity contribution in [2.24, 2.45) is 11.3 Å². The van der Waals surface area contributed by atoms with Crippen LogP contribution in [0.3, 0.4) is 0 Å². The van der Waals surface area contributed by atoms with E-state index in [1.54, 1.807) is 0 Å². The molecule has 1 heteroatoms. The topological polar surface area (TPSA) is 17.1 Å². The molecule has 1 saturated carbocycles. The minimum atomic E-state index is 0.177. The summed E-state index contributed by atoms with van der Waals surface area (Å²) in [6, 6.07) is 10.5. The number of hydrogen-bond acceptors (Lipinski definition) is 1. The molecule has 1 fully saturated rings. The van der Waals surface area contributed by atoms with Gasteiger partial charge in [-0.05, 0) is 29.7 Å². The van der Waals surface area contributed by atoms with Crippen LogP contribution in [-0.2, 0) is 11.2 Å². The highest BCUT2D eigenvalue weighted by atomic mass is 16.1. The van der Waals surface area contributed by atoms with Gasteiger partial charge in [0.1, 0.15) is 5.78 Å². The molecule has 0 aliphatic heterocycles. The van der Waals surface area contributed by atoms with Crippen LogP contribution in [-0.4, -0.2) is 5.78 Å². The molecule has 0 aromatic heterocycles. The summed E-state index contributed by atoms with van der Waals surface area (Å²) >= 11 is 0. The quantitative estimate of drug-likeness (QED) is 0.738. The number of rotatable bonds is 2. The third kappa shape index (κ3) is 2.72. The van der Waals surface area contributed by atoms with E-state index in [9.17, 15) is 4.79 Å². The Bertz CT molecular complexity index is 368. The maximum Gasteiger partial charge on any atom is 0.133 e. The summed E-state index contributed by atoms with van der Waals surface area (Å²) in [6.45, 7) is 4.45. The Kier molecular flexibility index (Phi) is 3.13. The van der Waals surface area contributed by atoms with Crippen LogP contribution in [0.2, 0.25) is 0 Å². The van der Waals surface area contributed by atoms with Crippen LogP contribution in [0.5, 0.6) is 0 Å². The molecule has 1 aromatic carbocycles. The second kappa shape index (κ2) is 4.40. The summed E-state index contributed by atoms with van der Waals surface area (Å²) in [4.78, 5) is 11.7. The van der Waals surface area contributed by atoms with Gasteiger partial charge < -0.3 is 0 Å². The smallest absolute Gasteiger partial charge is 0.133 e. The van der Waals surface area contributed by atoms with Crippen molar-refractivity contribution in [3.63, 3.8) is 0 Å². The van der Waals surface area contributed by atoms with Crippen molar-refractivity contribution in [2.75, 3.05) is 0 Å². The van der Waals surface area contributed by atoms with Gasteiger partial charge in [-0.2, -0.15) is 0 Å². The second-order valence-electron chi connectivity index (χ2n) is 5.70. The maximum atomic E-state index is 11.7. The predicted molar refractivity (Wildman–Crippen MR) is 66.3 cm³/mol. The standard InChI is InChI=1S/C15H20O/c1-12-8-14(16)11-15(2,9-12)10-13-6-4-3-5-7-13/h3-7,12H,8-11H2,1-2H3. The van der Waals surface area contributed by atoms with E-state index in [0.717, 1.165) is 19.3 Å². The lowest BCUT2D eigenvalue weighted by molar-refractivity contribution is -0.124. The first-order valence-corrected chi connectivity index (χ1v) is 6.13. The van der Waals surface area contributed by atoms with E-state index < -0.39 is 0 Å². The molecule has 16 heavy (non-hydrogen) atoms. The van der Waals surface area contributed by atoms with Gasteiger partial charge >= 0.3 is 0 Å². The SMILES string of the molecule is CC1CC(=O)CC(C)(Cc2ccccc2)C1. The third-order valence-electron chi connectivity index (χ3n) is 3.52. The number of benzene rings is 1. The average molecular weight is 216 g/mol. The molecule has 2 unspecified atom stereocenters. The molecule has 1 aliphatic rings. The number of carbonyl (C=O) groups is 1. The van der Waals surface area contributed by atoms with Gasteiger partial charge in [0, 0.05) is 12.8 Å². The lowest BCUT2D eigenvalue weighted by Gasteiger charge is -2.36. The fourth-order valence-corrected chi connectivity index (χ4v) is 3.15. The highest BCUT2D eigenvalue weighted by Gasteiger charge is 2.34. The molecule has 1 nitrogen and oxygen atoms in total. The minimum Gasteiger partial charge on any atom is -0.300 e. The van der Waals surface area contributed by atoms with Crippen molar-refractivity contribution in [3.8, 4) is 0 Å². The van der Waals surface area contributed by atoms with Crippen molar-refractivity contribution in [1.82, 2.24) is 0 Å². The van der Waals surface area contributed by atoms with Gasteiger partial charge in [0.2, 0.25) is 0 Å². The van der Waals surface area contributed by atoms with Gasteiger partial charge in [0.25, 0.3) is 0 Å². The van der Waals surface area contributed by atoms with Crippen molar-refractivity contribution >= 4 is 5.78 Å². The largest absolute Gasteiger partial charge is 0.300 e. The molecule has 1 aromatic rings. The normalized spacial score (nSPS) is 30.4. The van der Waals surface area contributed by atoms with E-state index >= 15 is 0 Å². The highest BCUT2D eigenvalue weighted by molar-refractivity contribution is 5.80. The van der Waals surface area contributed by atoms with Crippen molar-refractivity contribution in [1.29, 1.82) is 0 Å². The number of hydrogen-bond donors (Lipinski definition) is 0. The lowest BCUT2D eigenvalue weighted by atomic mass is 9.68. The van der Waals surface area contributed by atoms with Gasteiger partial charge in [-0.1, -0.05) is 44.2 Å². The predicted octanol–water partition coefficient (Wildman–Crippen LogP) is 3.62. The van der Waals surface area contributed by atoms with Crippen LogP contribution in [0, 0.1) is 11.3 Å². The first kappa shape index (κ1) is 11.4. The van der Waals surface area contributed by atoms with Crippen LogP contribution in [0.25, 0.3) is 0 Å². The van der Waals surface area contributed by atoms with Crippen molar-refractivity contribution < 1.29 is 4.79 Å². The molecule has 2 rings (SSSR count). The van der Waals surface area contributed by atoms with Gasteiger partial charge in [-0.3, -0.25) is 4.79 Å². The zero-order chi connectivity index (χ0) is 11.6. The Morgan fingerprint density at radius 1 is 1.31 bits per heavy atom. The average Bonchev–Trinajstić information content (AvgIpc) is 2.15. The lowest BCUT2D eigenvalue weighted by Crippen LogP contribution is -2.32. The van der Waals surface area contributed by atoms with E-state index in [2.05, 4.69) is 38.1 Å². The van der Waals surface area contributed by atoms with E-state index in [-0.39, 0.29) is 5.41 Å². The van der Waals surface area contributed by atoms with Gasteiger partial charge in [-0.25, -0.2) is 0 Å². The van der Waals surface area contributed by atoms with Crippen LogP contribution in [0.1, 0.15) is 38.7 Å². The van der Waals surface area contributed by atoms with E-state index in [0.29, 0.717) is 11.7 Å². The Labute approximate surface area is 97.9 Å². The minimum absolute atomic E-state index is 0.177.